The summed E-state index contributed by atoms with van der Waals surface area (Å²) in [5, 5.41) is 10.4. The molecule has 2 N–H and O–H groups in total. The van der Waals surface area contributed by atoms with E-state index in [2.05, 4.69) is 0 Å². The first-order chi connectivity index (χ1) is 8.97. The maximum atomic E-state index is 12.8. The van der Waals surface area contributed by atoms with Crippen molar-refractivity contribution >= 4 is 12.0 Å². The first-order valence-electron chi connectivity index (χ1n) is 6.34. The molecule has 1 rings (SSSR count). The number of carboxylic acids is 1. The molecule has 0 aliphatic carbocycles. The number of likely N-dealkylation sites (tertiary alicyclic amines) is 1. The lowest BCUT2D eigenvalue weighted by Crippen LogP contribution is -2.64. The van der Waals surface area contributed by atoms with Crippen molar-refractivity contribution < 1.29 is 27.9 Å². The molecule has 1 saturated heterocycles. The average Bonchev–Trinajstić information content (AvgIpc) is 2.25. The number of halogens is 3. The number of hydrogen-bond donors (Lipinski definition) is 2. The van der Waals surface area contributed by atoms with E-state index < -0.39 is 23.7 Å². The topological polar surface area (TPSA) is 69.6 Å². The molecule has 0 spiro atoms. The van der Waals surface area contributed by atoms with Gasteiger partial charge in [0.15, 0.2) is 0 Å². The molecule has 0 bridgehead atoms. The largest absolute Gasteiger partial charge is 0.479 e. The quantitative estimate of drug-likeness (QED) is 0.819. The maximum Gasteiger partial charge on any atom is 0.422 e. The van der Waals surface area contributed by atoms with Crippen molar-refractivity contribution in [2.45, 2.75) is 38.9 Å². The lowest BCUT2D eigenvalue weighted by atomic mass is 9.92. The zero-order valence-corrected chi connectivity index (χ0v) is 11.6. The van der Waals surface area contributed by atoms with Crippen LogP contribution in [-0.4, -0.2) is 46.8 Å². The number of piperidine rings is 1. The van der Waals surface area contributed by atoms with Crippen LogP contribution in [-0.2, 0) is 4.79 Å². The number of rotatable bonds is 2. The molecule has 8 heteroatoms. The number of carbonyl (C=O) groups is 2. The van der Waals surface area contributed by atoms with Crippen molar-refractivity contribution in [3.8, 4) is 0 Å². The minimum atomic E-state index is -5.07. The number of amides is 2. The molecule has 20 heavy (non-hydrogen) atoms. The standard InChI is InChI=1S/C12H19F3N2O3/c1-7-4-8(2)6-17(5-7)10(20)16-11(3,9(18)19)12(13,14)15/h7-8H,4-6H2,1-3H3,(H,16,20)(H,18,19). The van der Waals surface area contributed by atoms with Crippen LogP contribution in [0.25, 0.3) is 0 Å². The Morgan fingerprint density at radius 1 is 1.20 bits per heavy atom. The number of hydrogen-bond acceptors (Lipinski definition) is 2. The van der Waals surface area contributed by atoms with Gasteiger partial charge in [0.1, 0.15) is 0 Å². The zero-order chi connectivity index (χ0) is 15.7. The van der Waals surface area contributed by atoms with E-state index in [0.29, 0.717) is 20.0 Å². The Labute approximate surface area is 115 Å². The first kappa shape index (κ1) is 16.6. The fourth-order valence-electron chi connectivity index (χ4n) is 2.37. The number of alkyl halides is 3. The normalized spacial score (nSPS) is 26.8. The van der Waals surface area contributed by atoms with E-state index in [1.807, 2.05) is 13.8 Å². The molecule has 2 amide bonds. The van der Waals surface area contributed by atoms with E-state index in [1.165, 1.54) is 4.90 Å². The van der Waals surface area contributed by atoms with Gasteiger partial charge in [-0.05, 0) is 25.2 Å². The van der Waals surface area contributed by atoms with Gasteiger partial charge in [-0.3, -0.25) is 0 Å². The molecule has 0 aromatic rings. The third-order valence-electron chi connectivity index (χ3n) is 3.51. The third-order valence-corrected chi connectivity index (χ3v) is 3.51. The van der Waals surface area contributed by atoms with Crippen LogP contribution in [0.15, 0.2) is 0 Å². The van der Waals surface area contributed by atoms with Gasteiger partial charge in [0.2, 0.25) is 5.54 Å². The van der Waals surface area contributed by atoms with Crippen LogP contribution in [0.2, 0.25) is 0 Å². The summed E-state index contributed by atoms with van der Waals surface area (Å²) in [6.45, 7) is 4.89. The van der Waals surface area contributed by atoms with E-state index in [1.54, 1.807) is 5.32 Å². The number of nitrogens with one attached hydrogen (secondary N) is 1. The van der Waals surface area contributed by atoms with Crippen LogP contribution < -0.4 is 5.32 Å². The summed E-state index contributed by atoms with van der Waals surface area (Å²) in [5.74, 6) is -1.78. The molecule has 1 fully saturated rings. The molecule has 0 aromatic carbocycles. The maximum absolute atomic E-state index is 12.8. The number of nitrogens with zero attached hydrogens (tertiary/aromatic N) is 1. The Morgan fingerprint density at radius 3 is 2.00 bits per heavy atom. The van der Waals surface area contributed by atoms with Gasteiger partial charge in [-0.15, -0.1) is 0 Å². The Kier molecular flexibility index (Phi) is 4.55. The fourth-order valence-corrected chi connectivity index (χ4v) is 2.37. The number of aliphatic carboxylic acids is 1. The Morgan fingerprint density at radius 2 is 1.65 bits per heavy atom. The third kappa shape index (κ3) is 3.34. The predicted octanol–water partition coefficient (Wildman–Crippen LogP) is 2.08. The Balaban J connectivity index is 2.85. The van der Waals surface area contributed by atoms with E-state index in [0.717, 1.165) is 6.42 Å². The lowest BCUT2D eigenvalue weighted by Gasteiger charge is -2.37. The average molecular weight is 296 g/mol. The molecule has 0 saturated carbocycles. The van der Waals surface area contributed by atoms with E-state index in [9.17, 15) is 22.8 Å². The highest BCUT2D eigenvalue weighted by Crippen LogP contribution is 2.31. The van der Waals surface area contributed by atoms with Crippen molar-refractivity contribution in [3.63, 3.8) is 0 Å². The van der Waals surface area contributed by atoms with Crippen LogP contribution in [0.4, 0.5) is 18.0 Å². The van der Waals surface area contributed by atoms with Crippen LogP contribution in [0.1, 0.15) is 27.2 Å². The minimum Gasteiger partial charge on any atom is -0.479 e. The molecule has 3 atom stereocenters. The van der Waals surface area contributed by atoms with Gasteiger partial charge in [0.05, 0.1) is 0 Å². The van der Waals surface area contributed by atoms with Crippen molar-refractivity contribution in [2.75, 3.05) is 13.1 Å². The highest BCUT2D eigenvalue weighted by atomic mass is 19.4. The van der Waals surface area contributed by atoms with Crippen LogP contribution in [0.5, 0.6) is 0 Å². The smallest absolute Gasteiger partial charge is 0.422 e. The minimum absolute atomic E-state index is 0.173. The molecule has 1 aliphatic heterocycles. The summed E-state index contributed by atoms with van der Waals surface area (Å²) in [6, 6.07) is -0.995. The van der Waals surface area contributed by atoms with Gasteiger partial charge in [0, 0.05) is 13.1 Å². The molecule has 5 nitrogen and oxygen atoms in total. The van der Waals surface area contributed by atoms with E-state index >= 15 is 0 Å². The molecule has 116 valence electrons. The van der Waals surface area contributed by atoms with Crippen molar-refractivity contribution in [1.29, 1.82) is 0 Å². The van der Waals surface area contributed by atoms with Crippen LogP contribution in [0.3, 0.4) is 0 Å². The highest BCUT2D eigenvalue weighted by Gasteiger charge is 2.59. The summed E-state index contributed by atoms with van der Waals surface area (Å²) < 4.78 is 38.5. The second-order valence-electron chi connectivity index (χ2n) is 5.71. The molecule has 0 radical (unpaired) electrons. The van der Waals surface area contributed by atoms with Gasteiger partial charge in [-0.1, -0.05) is 13.8 Å². The summed E-state index contributed by atoms with van der Waals surface area (Å²) in [5.41, 5.74) is -3.28. The first-order valence-corrected chi connectivity index (χ1v) is 6.34. The Bertz CT molecular complexity index is 390. The van der Waals surface area contributed by atoms with Gasteiger partial charge >= 0.3 is 18.2 Å². The van der Waals surface area contributed by atoms with E-state index in [4.69, 9.17) is 5.11 Å². The molecule has 1 heterocycles. The number of carbonyl (C=O) groups excluding carboxylic acids is 1. The Hall–Kier alpha value is -1.47. The zero-order valence-electron chi connectivity index (χ0n) is 11.6. The van der Waals surface area contributed by atoms with E-state index in [-0.39, 0.29) is 11.8 Å². The highest BCUT2D eigenvalue weighted by molar-refractivity contribution is 5.86. The van der Waals surface area contributed by atoms with Crippen molar-refractivity contribution in [2.24, 2.45) is 11.8 Å². The molecular formula is C12H19F3N2O3. The summed E-state index contributed by atoms with van der Waals surface area (Å²) in [7, 11) is 0. The predicted molar refractivity (Wildman–Crippen MR) is 65.1 cm³/mol. The van der Waals surface area contributed by atoms with Crippen molar-refractivity contribution in [3.05, 3.63) is 0 Å². The van der Waals surface area contributed by atoms with Gasteiger partial charge in [-0.25, -0.2) is 9.59 Å². The molecule has 1 aliphatic rings. The van der Waals surface area contributed by atoms with Crippen LogP contribution >= 0.6 is 0 Å². The monoisotopic (exact) mass is 296 g/mol. The lowest BCUT2D eigenvalue weighted by molar-refractivity contribution is -0.203. The molecule has 0 aromatic heterocycles. The van der Waals surface area contributed by atoms with Crippen LogP contribution in [0, 0.1) is 11.8 Å². The second kappa shape index (κ2) is 5.49. The number of urea groups is 1. The summed E-state index contributed by atoms with van der Waals surface area (Å²) >= 11 is 0. The van der Waals surface area contributed by atoms with Gasteiger partial charge in [0.25, 0.3) is 0 Å². The molecular weight excluding hydrogens is 277 g/mol. The fraction of sp³-hybridized carbons (Fsp3) is 0.833. The number of carboxylic acid groups (broad SMARTS) is 1. The summed E-state index contributed by atoms with van der Waals surface area (Å²) in [6.07, 6.45) is -4.18. The van der Waals surface area contributed by atoms with Crippen molar-refractivity contribution in [1.82, 2.24) is 10.2 Å². The SMILES string of the molecule is CC1CC(C)CN(C(=O)NC(C)(C(=O)O)C(F)(F)F)C1. The van der Waals surface area contributed by atoms with Gasteiger partial charge < -0.3 is 15.3 Å². The second-order valence-corrected chi connectivity index (χ2v) is 5.71. The van der Waals surface area contributed by atoms with Gasteiger partial charge in [-0.2, -0.15) is 13.2 Å². The molecule has 3 unspecified atom stereocenters. The summed E-state index contributed by atoms with van der Waals surface area (Å²) in [4.78, 5) is 24.0.